The molecule has 9 heteroatoms. The number of carbonyl (C=O) groups is 1. The molecule has 2 fully saturated rings. The molecule has 2 aliphatic rings. The second-order valence-corrected chi connectivity index (χ2v) is 7.64. The Hall–Kier alpha value is -3.67. The molecule has 1 amide bonds. The zero-order valence-electron chi connectivity index (χ0n) is 15.7. The van der Waals surface area contributed by atoms with Crippen molar-refractivity contribution in [3.05, 3.63) is 41.9 Å². The van der Waals surface area contributed by atoms with Crippen LogP contribution in [0.1, 0.15) is 41.7 Å². The predicted octanol–water partition coefficient (Wildman–Crippen LogP) is 1.94. The lowest BCUT2D eigenvalue weighted by Crippen LogP contribution is -2.47. The highest BCUT2D eigenvalue weighted by atomic mass is 16.1. The molecule has 0 spiro atoms. The van der Waals surface area contributed by atoms with Crippen molar-refractivity contribution in [2.24, 2.45) is 5.73 Å². The molecule has 9 nitrogen and oxygen atoms in total. The third-order valence-corrected chi connectivity index (χ3v) is 5.96. The van der Waals surface area contributed by atoms with Crippen molar-refractivity contribution in [2.45, 2.75) is 43.8 Å². The molecule has 5 rings (SSSR count). The highest BCUT2D eigenvalue weighted by Crippen LogP contribution is 2.40. The lowest BCUT2D eigenvalue weighted by molar-refractivity contribution is 0.100. The third-order valence-electron chi connectivity index (χ3n) is 5.96. The van der Waals surface area contributed by atoms with Crippen LogP contribution in [0.4, 0.5) is 11.5 Å². The number of aromatic nitrogens is 4. The van der Waals surface area contributed by atoms with Gasteiger partial charge in [-0.15, -0.1) is 10.2 Å². The Labute approximate surface area is 166 Å². The number of rotatable bonds is 4. The van der Waals surface area contributed by atoms with Crippen LogP contribution in [0.25, 0.3) is 11.0 Å². The molecule has 0 saturated carbocycles. The van der Waals surface area contributed by atoms with Crippen molar-refractivity contribution in [2.75, 3.05) is 10.2 Å². The average molecular weight is 388 g/mol. The molecule has 0 unspecified atom stereocenters. The van der Waals surface area contributed by atoms with E-state index in [0.29, 0.717) is 23.3 Å². The van der Waals surface area contributed by atoms with Crippen LogP contribution in [-0.2, 0) is 0 Å². The number of primary amides is 1. The molecule has 3 aromatic rings. The maximum absolute atomic E-state index is 11.9. The number of nitrogens with one attached hydrogen (secondary N) is 2. The van der Waals surface area contributed by atoms with Crippen LogP contribution in [0.3, 0.4) is 0 Å². The summed E-state index contributed by atoms with van der Waals surface area (Å²) in [6, 6.07) is 8.41. The van der Waals surface area contributed by atoms with Crippen LogP contribution in [0.15, 0.2) is 30.6 Å². The largest absolute Gasteiger partial charge is 0.381 e. The molecular formula is C20H20N8O. The Morgan fingerprint density at radius 1 is 1.24 bits per heavy atom. The molecule has 0 radical (unpaired) electrons. The van der Waals surface area contributed by atoms with Crippen LogP contribution in [0.2, 0.25) is 0 Å². The van der Waals surface area contributed by atoms with Gasteiger partial charge in [-0.25, -0.2) is 4.98 Å². The van der Waals surface area contributed by atoms with Crippen LogP contribution in [-0.4, -0.2) is 44.2 Å². The number of H-pyrrole nitrogens is 1. The monoisotopic (exact) mass is 388 g/mol. The number of fused-ring (bicyclic) bond motifs is 3. The first-order valence-corrected chi connectivity index (χ1v) is 9.68. The smallest absolute Gasteiger partial charge is 0.252 e. The SMILES string of the molecule is N#Cc1ccc(N2[C@@H]3CC[C@H]2C[C@H](Nc2c(C(N)=O)cnc4[nH]ccc24)C3)nn1. The molecule has 29 heavy (non-hydrogen) atoms. The minimum absolute atomic E-state index is 0.216. The highest BCUT2D eigenvalue weighted by molar-refractivity contribution is 6.06. The van der Waals surface area contributed by atoms with E-state index in [1.54, 1.807) is 6.07 Å². The Balaban J connectivity index is 1.40. The van der Waals surface area contributed by atoms with Crippen molar-refractivity contribution in [3.8, 4) is 6.07 Å². The fourth-order valence-electron chi connectivity index (χ4n) is 4.75. The molecule has 0 aliphatic carbocycles. The summed E-state index contributed by atoms with van der Waals surface area (Å²) in [5.74, 6) is 0.334. The van der Waals surface area contributed by atoms with Crippen LogP contribution >= 0.6 is 0 Å². The van der Waals surface area contributed by atoms with E-state index >= 15 is 0 Å². The summed E-state index contributed by atoms with van der Waals surface area (Å²) in [5.41, 5.74) is 7.80. The average Bonchev–Trinajstić information content (AvgIpc) is 3.31. The molecule has 0 aromatic carbocycles. The van der Waals surface area contributed by atoms with Gasteiger partial charge >= 0.3 is 0 Å². The standard InChI is InChI=1S/C20H20N8O/c21-9-11-1-4-17(27-26-11)28-13-2-3-14(28)8-12(7-13)25-18-15-5-6-23-20(15)24-10-16(18)19(22)29/h1,4-6,10,12-14H,2-3,7-8H2,(H2,22,29)(H2,23,24,25)/t12-,13-,14+. The second-order valence-electron chi connectivity index (χ2n) is 7.64. The first-order valence-electron chi connectivity index (χ1n) is 9.68. The predicted molar refractivity (Wildman–Crippen MR) is 107 cm³/mol. The summed E-state index contributed by atoms with van der Waals surface area (Å²) < 4.78 is 0. The number of hydrogen-bond acceptors (Lipinski definition) is 7. The van der Waals surface area contributed by atoms with E-state index in [2.05, 4.69) is 30.4 Å². The quantitative estimate of drug-likeness (QED) is 0.621. The maximum Gasteiger partial charge on any atom is 0.252 e. The van der Waals surface area contributed by atoms with Crippen molar-refractivity contribution in [1.82, 2.24) is 20.2 Å². The molecule has 2 aliphatic heterocycles. The number of carbonyl (C=O) groups excluding carboxylic acids is 1. The third kappa shape index (κ3) is 2.93. The lowest BCUT2D eigenvalue weighted by Gasteiger charge is -2.40. The number of nitrogens with zero attached hydrogens (tertiary/aromatic N) is 5. The number of anilines is 2. The number of hydrogen-bond donors (Lipinski definition) is 3. The first kappa shape index (κ1) is 17.4. The van der Waals surface area contributed by atoms with E-state index in [4.69, 9.17) is 11.0 Å². The van der Waals surface area contributed by atoms with E-state index in [-0.39, 0.29) is 6.04 Å². The molecule has 3 aromatic heterocycles. The Morgan fingerprint density at radius 3 is 2.69 bits per heavy atom. The zero-order chi connectivity index (χ0) is 20.0. The van der Waals surface area contributed by atoms with Gasteiger partial charge in [-0.3, -0.25) is 4.79 Å². The van der Waals surface area contributed by atoms with Gasteiger partial charge in [0.15, 0.2) is 11.5 Å². The van der Waals surface area contributed by atoms with Gasteiger partial charge in [0.25, 0.3) is 5.91 Å². The van der Waals surface area contributed by atoms with Gasteiger partial charge in [0.2, 0.25) is 0 Å². The van der Waals surface area contributed by atoms with E-state index in [9.17, 15) is 4.79 Å². The molecule has 5 heterocycles. The van der Waals surface area contributed by atoms with Crippen LogP contribution in [0.5, 0.6) is 0 Å². The van der Waals surface area contributed by atoms with E-state index in [1.807, 2.05) is 24.4 Å². The summed E-state index contributed by atoms with van der Waals surface area (Å²) >= 11 is 0. The Bertz CT molecular complexity index is 1100. The van der Waals surface area contributed by atoms with Gasteiger partial charge in [0, 0.05) is 35.9 Å². The number of piperidine rings is 1. The summed E-state index contributed by atoms with van der Waals surface area (Å²) in [6.07, 6.45) is 7.35. The number of pyridine rings is 1. The number of amides is 1. The van der Waals surface area contributed by atoms with Crippen molar-refractivity contribution in [1.29, 1.82) is 5.26 Å². The summed E-state index contributed by atoms with van der Waals surface area (Å²) in [4.78, 5) is 21.6. The minimum Gasteiger partial charge on any atom is -0.381 e. The lowest BCUT2D eigenvalue weighted by atomic mass is 9.96. The Kier molecular flexibility index (Phi) is 4.05. The zero-order valence-corrected chi connectivity index (χ0v) is 15.7. The normalized spacial score (nSPS) is 23.1. The molecular weight excluding hydrogens is 368 g/mol. The molecule has 2 bridgehead atoms. The first-order chi connectivity index (χ1) is 14.1. The molecule has 3 atom stereocenters. The topological polar surface area (TPSA) is 137 Å². The Morgan fingerprint density at radius 2 is 2.03 bits per heavy atom. The summed E-state index contributed by atoms with van der Waals surface area (Å²) in [5, 5.41) is 21.6. The highest BCUT2D eigenvalue weighted by Gasteiger charge is 2.41. The van der Waals surface area contributed by atoms with Crippen LogP contribution in [0, 0.1) is 11.3 Å². The molecule has 2 saturated heterocycles. The van der Waals surface area contributed by atoms with Crippen molar-refractivity contribution >= 4 is 28.4 Å². The molecule has 4 N–H and O–H groups in total. The van der Waals surface area contributed by atoms with Gasteiger partial charge in [0.1, 0.15) is 11.7 Å². The number of aromatic amines is 1. The second kappa shape index (κ2) is 6.74. The van der Waals surface area contributed by atoms with Gasteiger partial charge in [-0.05, 0) is 43.9 Å². The van der Waals surface area contributed by atoms with Gasteiger partial charge < -0.3 is 20.9 Å². The van der Waals surface area contributed by atoms with Gasteiger partial charge in [-0.1, -0.05) is 0 Å². The minimum atomic E-state index is -0.489. The van der Waals surface area contributed by atoms with E-state index in [1.165, 1.54) is 6.20 Å². The molecule has 146 valence electrons. The van der Waals surface area contributed by atoms with E-state index < -0.39 is 5.91 Å². The van der Waals surface area contributed by atoms with Crippen LogP contribution < -0.4 is 16.0 Å². The summed E-state index contributed by atoms with van der Waals surface area (Å²) in [7, 11) is 0. The van der Waals surface area contributed by atoms with Crippen molar-refractivity contribution in [3.63, 3.8) is 0 Å². The maximum atomic E-state index is 11.9. The number of nitrogens with two attached hydrogens (primary N) is 1. The number of nitriles is 1. The fraction of sp³-hybridized carbons (Fsp3) is 0.350. The van der Waals surface area contributed by atoms with E-state index in [0.717, 1.165) is 48.2 Å². The van der Waals surface area contributed by atoms with Gasteiger partial charge in [0.05, 0.1) is 11.3 Å². The summed E-state index contributed by atoms with van der Waals surface area (Å²) in [6.45, 7) is 0. The fourth-order valence-corrected chi connectivity index (χ4v) is 4.75. The van der Waals surface area contributed by atoms with Crippen molar-refractivity contribution < 1.29 is 4.79 Å². The van der Waals surface area contributed by atoms with Gasteiger partial charge in [-0.2, -0.15) is 5.26 Å².